The standard InChI is InChI=1S/C24H20N12O4/c1-13(37)29-35-31-19-17(25-27-23(39)15-9-5-3-6-10-15)21-22(34-36(33-21)30-14(2)38)18(20(19)32-35)26-28-24(40)16-11-7-4-8-12-16/h3-12,31-32H,1-2H3,(H,29,37)(H,30,38). The summed E-state index contributed by atoms with van der Waals surface area (Å²) in [5.74, 6) is -2.14. The van der Waals surface area contributed by atoms with Crippen molar-refractivity contribution in [1.82, 2.24) is 25.8 Å². The highest BCUT2D eigenvalue weighted by molar-refractivity contribution is 6.10. The highest BCUT2D eigenvalue weighted by atomic mass is 16.2. The third-order valence-corrected chi connectivity index (χ3v) is 5.28. The number of fused-ring (bicyclic) bond motifs is 2. The number of hydrogen-bond donors (Lipinski definition) is 4. The fraction of sp³-hybridized carbons (Fsp3) is 0.0833. The molecular weight excluding hydrogens is 520 g/mol. The van der Waals surface area contributed by atoms with Crippen molar-refractivity contribution < 1.29 is 19.2 Å². The van der Waals surface area contributed by atoms with Crippen molar-refractivity contribution in [1.29, 1.82) is 0 Å². The maximum absolute atomic E-state index is 12.7. The van der Waals surface area contributed by atoms with E-state index in [0.29, 0.717) is 11.1 Å². The molecule has 0 saturated carbocycles. The van der Waals surface area contributed by atoms with Crippen LogP contribution in [-0.2, 0) is 9.59 Å². The Balaban J connectivity index is 1.66. The summed E-state index contributed by atoms with van der Waals surface area (Å²) in [5, 5.41) is 25.6. The van der Waals surface area contributed by atoms with Crippen molar-refractivity contribution in [2.75, 3.05) is 16.3 Å². The summed E-state index contributed by atoms with van der Waals surface area (Å²) in [6, 6.07) is 16.6. The van der Waals surface area contributed by atoms with E-state index >= 15 is 0 Å². The summed E-state index contributed by atoms with van der Waals surface area (Å²) < 4.78 is 0. The van der Waals surface area contributed by atoms with Crippen LogP contribution in [0.25, 0.3) is 11.0 Å². The average Bonchev–Trinajstić information content (AvgIpc) is 3.54. The van der Waals surface area contributed by atoms with Crippen LogP contribution < -0.4 is 21.7 Å². The second-order valence-electron chi connectivity index (χ2n) is 8.27. The Morgan fingerprint density at radius 2 is 1.10 bits per heavy atom. The highest BCUT2D eigenvalue weighted by Crippen LogP contribution is 2.49. The predicted molar refractivity (Wildman–Crippen MR) is 141 cm³/mol. The van der Waals surface area contributed by atoms with Crippen molar-refractivity contribution in [3.8, 4) is 0 Å². The lowest BCUT2D eigenvalue weighted by atomic mass is 10.1. The van der Waals surface area contributed by atoms with Gasteiger partial charge in [-0.2, -0.15) is 0 Å². The van der Waals surface area contributed by atoms with Crippen LogP contribution in [0, 0.1) is 0 Å². The van der Waals surface area contributed by atoms with Crippen LogP contribution in [0.1, 0.15) is 34.6 Å². The molecule has 0 atom stereocenters. The van der Waals surface area contributed by atoms with Crippen LogP contribution in [0.2, 0.25) is 0 Å². The highest BCUT2D eigenvalue weighted by Gasteiger charge is 2.31. The van der Waals surface area contributed by atoms with Crippen LogP contribution in [0.3, 0.4) is 0 Å². The first-order valence-electron chi connectivity index (χ1n) is 11.7. The molecule has 4 aromatic rings. The van der Waals surface area contributed by atoms with Gasteiger partial charge < -0.3 is 0 Å². The summed E-state index contributed by atoms with van der Waals surface area (Å²) in [4.78, 5) is 49.6. The molecule has 2 heterocycles. The first-order chi connectivity index (χ1) is 19.3. The predicted octanol–water partition coefficient (Wildman–Crippen LogP) is 3.39. The van der Waals surface area contributed by atoms with Gasteiger partial charge in [-0.05, 0) is 29.5 Å². The smallest absolute Gasteiger partial charge is 0.278 e. The molecule has 0 saturated heterocycles. The number of hydrogen-bond acceptors (Lipinski definition) is 11. The molecule has 16 heteroatoms. The number of benzene rings is 3. The van der Waals surface area contributed by atoms with Gasteiger partial charge in [0.1, 0.15) is 33.8 Å². The van der Waals surface area contributed by atoms with E-state index in [1.807, 2.05) is 0 Å². The topological polar surface area (TPSA) is 200 Å². The maximum atomic E-state index is 12.7. The third-order valence-electron chi connectivity index (χ3n) is 5.28. The number of amides is 4. The number of carbonyl (C=O) groups excluding carboxylic acids is 4. The number of hydrazine groups is 3. The molecule has 0 unspecified atom stereocenters. The van der Waals surface area contributed by atoms with Gasteiger partial charge in [-0.15, -0.1) is 30.7 Å². The van der Waals surface area contributed by atoms with Gasteiger partial charge in [-0.3, -0.25) is 35.5 Å². The minimum absolute atomic E-state index is 0.0274. The first kappa shape index (κ1) is 25.7. The number of anilines is 2. The third kappa shape index (κ3) is 5.36. The second-order valence-corrected chi connectivity index (χ2v) is 8.27. The van der Waals surface area contributed by atoms with Crippen molar-refractivity contribution in [3.63, 3.8) is 0 Å². The Morgan fingerprint density at radius 3 is 1.50 bits per heavy atom. The van der Waals surface area contributed by atoms with Gasteiger partial charge >= 0.3 is 0 Å². The van der Waals surface area contributed by atoms with Crippen molar-refractivity contribution >= 4 is 57.4 Å². The van der Waals surface area contributed by atoms with Crippen molar-refractivity contribution in [2.45, 2.75) is 13.8 Å². The molecule has 1 aliphatic rings. The molecule has 1 aromatic heterocycles. The van der Waals surface area contributed by atoms with Gasteiger partial charge in [-0.25, -0.2) is 5.43 Å². The minimum Gasteiger partial charge on any atom is -0.278 e. The Hall–Kier alpha value is -5.90. The average molecular weight is 541 g/mol. The largest absolute Gasteiger partial charge is 0.295 e. The lowest BCUT2D eigenvalue weighted by Gasteiger charge is -2.15. The molecule has 4 amide bonds. The number of rotatable bonds is 6. The maximum Gasteiger partial charge on any atom is 0.295 e. The molecule has 16 nitrogen and oxygen atoms in total. The quantitative estimate of drug-likeness (QED) is 0.265. The summed E-state index contributed by atoms with van der Waals surface area (Å²) >= 11 is 0. The number of carbonyl (C=O) groups is 4. The van der Waals surface area contributed by atoms with Gasteiger partial charge in [-0.1, -0.05) is 41.3 Å². The Bertz CT molecular complexity index is 1590. The molecule has 0 bridgehead atoms. The van der Waals surface area contributed by atoms with Crippen LogP contribution in [-0.4, -0.2) is 44.0 Å². The van der Waals surface area contributed by atoms with Crippen molar-refractivity contribution in [2.24, 2.45) is 20.5 Å². The van der Waals surface area contributed by atoms with Crippen LogP contribution in [0.15, 0.2) is 81.1 Å². The van der Waals surface area contributed by atoms with Gasteiger partial charge in [0.25, 0.3) is 11.8 Å². The molecule has 3 aromatic carbocycles. The molecule has 1 aliphatic heterocycles. The molecule has 200 valence electrons. The summed E-state index contributed by atoms with van der Waals surface area (Å²) in [6.45, 7) is 2.56. The summed E-state index contributed by atoms with van der Waals surface area (Å²) in [5.41, 5.74) is 11.8. The molecule has 4 N–H and O–H groups in total. The Labute approximate surface area is 225 Å². The van der Waals surface area contributed by atoms with E-state index in [2.05, 4.69) is 52.4 Å². The number of azo groups is 2. The first-order valence-corrected chi connectivity index (χ1v) is 11.7. The molecular formula is C24H20N12O4. The van der Waals surface area contributed by atoms with E-state index in [-0.39, 0.29) is 33.8 Å². The lowest BCUT2D eigenvalue weighted by molar-refractivity contribution is -0.122. The summed E-state index contributed by atoms with van der Waals surface area (Å²) in [6.07, 6.45) is 0. The molecule has 0 fully saturated rings. The Kier molecular flexibility index (Phi) is 6.97. The van der Waals surface area contributed by atoms with Gasteiger partial charge in [0.15, 0.2) is 0 Å². The van der Waals surface area contributed by atoms with E-state index in [1.54, 1.807) is 60.7 Å². The molecule has 0 radical (unpaired) electrons. The zero-order valence-corrected chi connectivity index (χ0v) is 21.0. The lowest BCUT2D eigenvalue weighted by Crippen LogP contribution is -2.45. The zero-order chi connectivity index (χ0) is 28.2. The van der Waals surface area contributed by atoms with Crippen molar-refractivity contribution in [3.05, 3.63) is 71.8 Å². The van der Waals surface area contributed by atoms with E-state index in [1.165, 1.54) is 13.8 Å². The zero-order valence-electron chi connectivity index (χ0n) is 21.0. The normalized spacial score (nSPS) is 12.8. The monoisotopic (exact) mass is 540 g/mol. The minimum atomic E-state index is -0.626. The van der Waals surface area contributed by atoms with Crippen LogP contribution in [0.4, 0.5) is 22.7 Å². The fourth-order valence-electron chi connectivity index (χ4n) is 3.64. The molecule has 5 rings (SSSR count). The second kappa shape index (κ2) is 10.8. The Morgan fingerprint density at radius 1 is 0.675 bits per heavy atom. The van der Waals surface area contributed by atoms with Gasteiger partial charge in [0, 0.05) is 25.0 Å². The number of aromatic nitrogens is 3. The molecule has 40 heavy (non-hydrogen) atoms. The number of nitrogens with one attached hydrogen (secondary N) is 4. The van der Waals surface area contributed by atoms with E-state index in [4.69, 9.17) is 0 Å². The number of nitrogens with zero attached hydrogens (tertiary/aromatic N) is 8. The van der Waals surface area contributed by atoms with Crippen LogP contribution >= 0.6 is 0 Å². The van der Waals surface area contributed by atoms with E-state index in [0.717, 1.165) is 10.1 Å². The fourth-order valence-corrected chi connectivity index (χ4v) is 3.64. The van der Waals surface area contributed by atoms with Gasteiger partial charge in [0.05, 0.1) is 0 Å². The van der Waals surface area contributed by atoms with Gasteiger partial charge in [0.2, 0.25) is 11.8 Å². The summed E-state index contributed by atoms with van der Waals surface area (Å²) in [7, 11) is 0. The van der Waals surface area contributed by atoms with E-state index < -0.39 is 23.6 Å². The molecule has 0 spiro atoms. The van der Waals surface area contributed by atoms with E-state index in [9.17, 15) is 19.2 Å². The SMILES string of the molecule is CC(=O)NN1Nc2c(c(N=NC(=O)c3ccccc3)c3nn(NC(C)=O)nc3c2N=NC(=O)c2ccccc2)N1. The molecule has 0 aliphatic carbocycles. The van der Waals surface area contributed by atoms with Crippen LogP contribution in [0.5, 0.6) is 0 Å².